The number of amides is 2. The van der Waals surface area contributed by atoms with Gasteiger partial charge in [-0.15, -0.1) is 0 Å². The molecule has 0 aromatic heterocycles. The molecule has 0 spiro atoms. The lowest BCUT2D eigenvalue weighted by Gasteiger charge is -2.27. The van der Waals surface area contributed by atoms with Gasteiger partial charge in [-0.1, -0.05) is 42.5 Å². The molecule has 3 aromatic carbocycles. The zero-order valence-electron chi connectivity index (χ0n) is 17.4. The van der Waals surface area contributed by atoms with Crippen molar-refractivity contribution < 1.29 is 9.59 Å². The van der Waals surface area contributed by atoms with Gasteiger partial charge in [0.2, 0.25) is 5.91 Å². The van der Waals surface area contributed by atoms with Crippen LogP contribution in [0.5, 0.6) is 0 Å². The summed E-state index contributed by atoms with van der Waals surface area (Å²) in [5, 5.41) is 7.98. The van der Waals surface area contributed by atoms with E-state index in [4.69, 9.17) is 0 Å². The lowest BCUT2D eigenvalue weighted by atomic mass is 10.0. The van der Waals surface area contributed by atoms with Crippen LogP contribution in [0.2, 0.25) is 0 Å². The molecule has 3 aromatic rings. The number of nitrogens with one attached hydrogen (secondary N) is 2. The van der Waals surface area contributed by atoms with E-state index >= 15 is 0 Å². The molecule has 1 saturated carbocycles. The minimum atomic E-state index is -0.180. The highest BCUT2D eigenvalue weighted by molar-refractivity contribution is 6.08. The van der Waals surface area contributed by atoms with Crippen molar-refractivity contribution in [1.82, 2.24) is 5.32 Å². The van der Waals surface area contributed by atoms with Gasteiger partial charge in [-0.2, -0.15) is 0 Å². The van der Waals surface area contributed by atoms with Crippen LogP contribution in [0.4, 0.5) is 11.4 Å². The van der Waals surface area contributed by atoms with Gasteiger partial charge in [-0.3, -0.25) is 9.59 Å². The normalized spacial score (nSPS) is 14.2. The summed E-state index contributed by atoms with van der Waals surface area (Å²) in [5.41, 5.74) is 2.17. The molecule has 1 unspecified atom stereocenters. The van der Waals surface area contributed by atoms with Crippen LogP contribution < -0.4 is 15.5 Å². The zero-order chi connectivity index (χ0) is 21.1. The van der Waals surface area contributed by atoms with E-state index in [2.05, 4.69) is 22.5 Å². The van der Waals surface area contributed by atoms with Crippen LogP contribution in [0.1, 0.15) is 30.1 Å². The maximum atomic E-state index is 13.1. The van der Waals surface area contributed by atoms with Crippen LogP contribution in [0.25, 0.3) is 10.8 Å². The van der Waals surface area contributed by atoms with Crippen LogP contribution in [0.15, 0.2) is 66.7 Å². The SMILES string of the molecule is CC(CNC(=O)c1cc2ccccc2cc1NC(=O)C1CC1)N(C)c1ccccc1. The highest BCUT2D eigenvalue weighted by Crippen LogP contribution is 2.32. The summed E-state index contributed by atoms with van der Waals surface area (Å²) in [6.07, 6.45) is 1.84. The fourth-order valence-electron chi connectivity index (χ4n) is 3.50. The number of anilines is 2. The molecule has 5 heteroatoms. The Morgan fingerprint density at radius 1 is 1.00 bits per heavy atom. The number of fused-ring (bicyclic) bond motifs is 1. The minimum Gasteiger partial charge on any atom is -0.370 e. The van der Waals surface area contributed by atoms with E-state index in [0.717, 1.165) is 29.3 Å². The van der Waals surface area contributed by atoms with Gasteiger partial charge in [-0.05, 0) is 54.8 Å². The van der Waals surface area contributed by atoms with E-state index in [9.17, 15) is 9.59 Å². The van der Waals surface area contributed by atoms with E-state index in [1.807, 2.05) is 73.8 Å². The highest BCUT2D eigenvalue weighted by atomic mass is 16.2. The van der Waals surface area contributed by atoms with E-state index in [1.165, 1.54) is 0 Å². The Morgan fingerprint density at radius 2 is 1.63 bits per heavy atom. The predicted molar refractivity (Wildman–Crippen MR) is 122 cm³/mol. The van der Waals surface area contributed by atoms with Gasteiger partial charge in [0.25, 0.3) is 5.91 Å². The van der Waals surface area contributed by atoms with Crippen LogP contribution in [-0.4, -0.2) is 31.4 Å². The number of para-hydroxylation sites is 1. The Bertz CT molecular complexity index is 1060. The summed E-state index contributed by atoms with van der Waals surface area (Å²) in [6.45, 7) is 2.57. The molecule has 1 atom stereocenters. The average molecular weight is 402 g/mol. The second kappa shape index (κ2) is 8.57. The number of rotatable bonds is 7. The Hall–Kier alpha value is -3.34. The fourth-order valence-corrected chi connectivity index (χ4v) is 3.50. The number of carbonyl (C=O) groups excluding carboxylic acids is 2. The van der Waals surface area contributed by atoms with E-state index in [1.54, 1.807) is 0 Å². The topological polar surface area (TPSA) is 61.4 Å². The van der Waals surface area contributed by atoms with Crippen molar-refractivity contribution in [1.29, 1.82) is 0 Å². The average Bonchev–Trinajstić information content (AvgIpc) is 3.62. The van der Waals surface area contributed by atoms with Gasteiger partial charge < -0.3 is 15.5 Å². The zero-order valence-corrected chi connectivity index (χ0v) is 17.4. The number of hydrogen-bond acceptors (Lipinski definition) is 3. The molecule has 0 bridgehead atoms. The second-order valence-electron chi connectivity index (χ2n) is 8.01. The molecule has 5 nitrogen and oxygen atoms in total. The van der Waals surface area contributed by atoms with Crippen molar-refractivity contribution in [3.05, 3.63) is 72.3 Å². The predicted octanol–water partition coefficient (Wildman–Crippen LogP) is 4.44. The molecule has 1 fully saturated rings. The number of hydrogen-bond donors (Lipinski definition) is 2. The van der Waals surface area contributed by atoms with Gasteiger partial charge in [0.15, 0.2) is 0 Å². The molecule has 0 aliphatic heterocycles. The highest BCUT2D eigenvalue weighted by Gasteiger charge is 2.30. The Kier molecular flexibility index (Phi) is 5.70. The molecule has 0 heterocycles. The first kappa shape index (κ1) is 20.0. The number of likely N-dealkylation sites (N-methyl/N-ethyl adjacent to an activating group) is 1. The van der Waals surface area contributed by atoms with Crippen molar-refractivity contribution >= 4 is 34.0 Å². The van der Waals surface area contributed by atoms with Crippen LogP contribution in [0.3, 0.4) is 0 Å². The third kappa shape index (κ3) is 4.46. The quantitative estimate of drug-likeness (QED) is 0.615. The van der Waals surface area contributed by atoms with E-state index in [0.29, 0.717) is 17.8 Å². The Morgan fingerprint density at radius 3 is 2.30 bits per heavy atom. The number of benzene rings is 3. The summed E-state index contributed by atoms with van der Waals surface area (Å²) >= 11 is 0. The van der Waals surface area contributed by atoms with E-state index < -0.39 is 0 Å². The number of nitrogens with zero attached hydrogens (tertiary/aromatic N) is 1. The smallest absolute Gasteiger partial charge is 0.253 e. The third-order valence-electron chi connectivity index (χ3n) is 5.72. The molecule has 154 valence electrons. The summed E-state index contributed by atoms with van der Waals surface area (Å²) in [7, 11) is 2.02. The molecule has 0 saturated heterocycles. The van der Waals surface area contributed by atoms with Crippen LogP contribution >= 0.6 is 0 Å². The molecule has 2 N–H and O–H groups in total. The first-order chi connectivity index (χ1) is 14.5. The molecule has 0 radical (unpaired) electrons. The van der Waals surface area contributed by atoms with Crippen molar-refractivity contribution in [2.45, 2.75) is 25.8 Å². The molecule has 1 aliphatic rings. The van der Waals surface area contributed by atoms with Crippen molar-refractivity contribution in [3.63, 3.8) is 0 Å². The van der Waals surface area contributed by atoms with Crippen LogP contribution in [0, 0.1) is 5.92 Å². The Balaban J connectivity index is 1.51. The molecule has 30 heavy (non-hydrogen) atoms. The summed E-state index contributed by atoms with van der Waals surface area (Å²) in [4.78, 5) is 27.5. The van der Waals surface area contributed by atoms with E-state index in [-0.39, 0.29) is 23.8 Å². The second-order valence-corrected chi connectivity index (χ2v) is 8.01. The molecular weight excluding hydrogens is 374 g/mol. The first-order valence-electron chi connectivity index (χ1n) is 10.4. The van der Waals surface area contributed by atoms with Gasteiger partial charge in [0.1, 0.15) is 0 Å². The van der Waals surface area contributed by atoms with Crippen molar-refractivity contribution in [3.8, 4) is 0 Å². The summed E-state index contributed by atoms with van der Waals surface area (Å²) < 4.78 is 0. The molecule has 1 aliphatic carbocycles. The van der Waals surface area contributed by atoms with Gasteiger partial charge in [0.05, 0.1) is 11.3 Å². The first-order valence-corrected chi connectivity index (χ1v) is 10.4. The van der Waals surface area contributed by atoms with Gasteiger partial charge >= 0.3 is 0 Å². The maximum absolute atomic E-state index is 13.1. The van der Waals surface area contributed by atoms with Crippen molar-refractivity contribution in [2.24, 2.45) is 5.92 Å². The molecular formula is C25H27N3O2. The molecule has 4 rings (SSSR count). The largest absolute Gasteiger partial charge is 0.370 e. The van der Waals surface area contributed by atoms with Crippen molar-refractivity contribution in [2.75, 3.05) is 23.8 Å². The van der Waals surface area contributed by atoms with Gasteiger partial charge in [0, 0.05) is 31.2 Å². The summed E-state index contributed by atoms with van der Waals surface area (Å²) in [5.74, 6) is -0.108. The van der Waals surface area contributed by atoms with Crippen LogP contribution in [-0.2, 0) is 4.79 Å². The monoisotopic (exact) mass is 401 g/mol. The van der Waals surface area contributed by atoms with Gasteiger partial charge in [-0.25, -0.2) is 0 Å². The third-order valence-corrected chi connectivity index (χ3v) is 5.72. The number of carbonyl (C=O) groups is 2. The fraction of sp³-hybridized carbons (Fsp3) is 0.280. The Labute approximate surface area is 177 Å². The maximum Gasteiger partial charge on any atom is 0.253 e. The molecule has 2 amide bonds. The lowest BCUT2D eigenvalue weighted by Crippen LogP contribution is -2.40. The minimum absolute atomic E-state index is 0.00323. The summed E-state index contributed by atoms with van der Waals surface area (Å²) in [6, 6.07) is 21.8. The lowest BCUT2D eigenvalue weighted by molar-refractivity contribution is -0.117. The standard InChI is InChI=1S/C25H27N3O2/c1-17(28(2)21-10-4-3-5-11-21)16-26-25(30)22-14-19-8-6-7-9-20(19)15-23(22)27-24(29)18-12-13-18/h3-11,14-15,17-18H,12-13,16H2,1-2H3,(H,26,30)(H,27,29).